The average Bonchev–Trinajstić information content (AvgIpc) is 3.41. The fourth-order valence-electron chi connectivity index (χ4n) is 10.7. The van der Waals surface area contributed by atoms with Crippen molar-refractivity contribution in [1.82, 2.24) is 5.32 Å². The highest BCUT2D eigenvalue weighted by Gasteiger charge is 2.18. The number of nitrogens with one attached hydrogen (secondary N) is 1. The summed E-state index contributed by atoms with van der Waals surface area (Å²) < 4.78 is 5.50. The van der Waals surface area contributed by atoms with Gasteiger partial charge in [-0.1, -0.05) is 334 Å². The summed E-state index contributed by atoms with van der Waals surface area (Å²) in [5, 5.41) is 23.2. The molecule has 3 N–H and O–H groups in total. The molecule has 2 unspecified atom stereocenters. The normalized spacial score (nSPS) is 12.6. The Morgan fingerprint density at radius 3 is 0.947 bits per heavy atom. The zero-order valence-electron chi connectivity index (χ0n) is 50.8. The second-order valence-electron chi connectivity index (χ2n) is 23.5. The molecule has 75 heavy (non-hydrogen) atoms. The van der Waals surface area contributed by atoms with Crippen LogP contribution in [0.3, 0.4) is 0 Å². The van der Waals surface area contributed by atoms with Crippen molar-refractivity contribution in [3.8, 4) is 0 Å². The molecule has 0 heterocycles. The van der Waals surface area contributed by atoms with Crippen LogP contribution in [0.1, 0.15) is 380 Å². The number of rotatable bonds is 64. The minimum Gasteiger partial charge on any atom is -0.466 e. The molecule has 6 heteroatoms. The van der Waals surface area contributed by atoms with E-state index in [2.05, 4.69) is 31.3 Å². The molecule has 0 aromatic rings. The fraction of sp³-hybridized carbons (Fsp3) is 0.913. The second kappa shape index (κ2) is 64.9. The zero-order chi connectivity index (χ0) is 54.3. The summed E-state index contributed by atoms with van der Waals surface area (Å²) in [6.45, 7) is 4.93. The summed E-state index contributed by atoms with van der Waals surface area (Å²) in [6.07, 6.45) is 80.9. The van der Waals surface area contributed by atoms with Crippen LogP contribution >= 0.6 is 0 Å². The Hall–Kier alpha value is -1.66. The molecule has 0 aromatic heterocycles. The number of allylic oxidation sites excluding steroid dienone is 3. The predicted octanol–water partition coefficient (Wildman–Crippen LogP) is 21.8. The van der Waals surface area contributed by atoms with Gasteiger partial charge in [0, 0.05) is 12.8 Å². The maximum Gasteiger partial charge on any atom is 0.305 e. The molecule has 0 aromatic carbocycles. The fourth-order valence-corrected chi connectivity index (χ4v) is 10.7. The first kappa shape index (κ1) is 73.3. The van der Waals surface area contributed by atoms with Gasteiger partial charge < -0.3 is 20.3 Å². The van der Waals surface area contributed by atoms with E-state index in [1.165, 1.54) is 295 Å². The van der Waals surface area contributed by atoms with Crippen LogP contribution in [0.25, 0.3) is 0 Å². The second-order valence-corrected chi connectivity index (χ2v) is 23.5. The zero-order valence-corrected chi connectivity index (χ0v) is 50.8. The van der Waals surface area contributed by atoms with Crippen LogP contribution in [-0.2, 0) is 14.3 Å². The topological polar surface area (TPSA) is 95.9 Å². The van der Waals surface area contributed by atoms with E-state index in [1.807, 2.05) is 6.08 Å². The number of carbonyl (C=O) groups excluding carboxylic acids is 2. The number of aliphatic hydroxyl groups excluding tert-OH is 2. The van der Waals surface area contributed by atoms with Gasteiger partial charge in [0.15, 0.2) is 0 Å². The Labute approximate surface area is 469 Å². The van der Waals surface area contributed by atoms with Gasteiger partial charge in [0.25, 0.3) is 0 Å². The van der Waals surface area contributed by atoms with Crippen molar-refractivity contribution in [1.29, 1.82) is 0 Å². The summed E-state index contributed by atoms with van der Waals surface area (Å²) in [6, 6.07) is -0.639. The molecule has 0 aliphatic carbocycles. The van der Waals surface area contributed by atoms with Gasteiger partial charge >= 0.3 is 5.97 Å². The largest absolute Gasteiger partial charge is 0.466 e. The number of hydrogen-bond donors (Lipinski definition) is 3. The van der Waals surface area contributed by atoms with Crippen LogP contribution in [0, 0.1) is 0 Å². The number of esters is 1. The predicted molar refractivity (Wildman–Crippen MR) is 329 cm³/mol. The first-order valence-corrected chi connectivity index (χ1v) is 34.1. The van der Waals surface area contributed by atoms with Crippen molar-refractivity contribution in [3.05, 3.63) is 24.3 Å². The average molecular weight is 1060 g/mol. The quantitative estimate of drug-likeness (QED) is 0.0320. The highest BCUT2D eigenvalue weighted by Crippen LogP contribution is 2.18. The van der Waals surface area contributed by atoms with Crippen molar-refractivity contribution in [2.45, 2.75) is 392 Å². The molecule has 0 aliphatic heterocycles. The minimum atomic E-state index is -0.854. The SMILES string of the molecule is CCCCCCCCCCCCCCCCCCCCC/C=C/C(O)C(CO)NC(=O)CCCCCCC/C=C\CCCCCCCCCCCOC(=O)CCCCCCCCCCCCCCCCCCCCC. The number of hydrogen-bond acceptors (Lipinski definition) is 5. The van der Waals surface area contributed by atoms with E-state index in [0.29, 0.717) is 19.4 Å². The van der Waals surface area contributed by atoms with Gasteiger partial charge in [0.2, 0.25) is 5.91 Å². The molecular weight excluding hydrogens is 923 g/mol. The lowest BCUT2D eigenvalue weighted by molar-refractivity contribution is -0.143. The Kier molecular flexibility index (Phi) is 63.4. The van der Waals surface area contributed by atoms with Crippen LogP contribution < -0.4 is 5.32 Å². The van der Waals surface area contributed by atoms with E-state index in [4.69, 9.17) is 4.74 Å². The Morgan fingerprint density at radius 2 is 0.627 bits per heavy atom. The molecule has 6 nitrogen and oxygen atoms in total. The van der Waals surface area contributed by atoms with E-state index in [0.717, 1.165) is 57.8 Å². The van der Waals surface area contributed by atoms with Gasteiger partial charge in [-0.3, -0.25) is 9.59 Å². The van der Waals surface area contributed by atoms with Gasteiger partial charge in [-0.15, -0.1) is 0 Å². The smallest absolute Gasteiger partial charge is 0.305 e. The monoisotopic (exact) mass is 1060 g/mol. The summed E-state index contributed by atoms with van der Waals surface area (Å²) in [7, 11) is 0. The first-order chi connectivity index (χ1) is 37.0. The molecule has 0 radical (unpaired) electrons. The molecular formula is C69H133NO5. The number of amides is 1. The summed E-state index contributed by atoms with van der Waals surface area (Å²) in [4.78, 5) is 24.6. The van der Waals surface area contributed by atoms with Crippen molar-refractivity contribution in [3.63, 3.8) is 0 Å². The molecule has 1 amide bonds. The first-order valence-electron chi connectivity index (χ1n) is 34.1. The Balaban J connectivity index is 3.44. The molecule has 0 bridgehead atoms. The maximum atomic E-state index is 12.5. The molecule has 0 saturated heterocycles. The van der Waals surface area contributed by atoms with Crippen molar-refractivity contribution in [2.24, 2.45) is 0 Å². The third-order valence-corrected chi connectivity index (χ3v) is 16.0. The molecule has 2 atom stereocenters. The molecule has 0 saturated carbocycles. The van der Waals surface area contributed by atoms with Crippen LogP contribution in [0.2, 0.25) is 0 Å². The van der Waals surface area contributed by atoms with E-state index in [1.54, 1.807) is 6.08 Å². The molecule has 0 rings (SSSR count). The molecule has 0 spiro atoms. The lowest BCUT2D eigenvalue weighted by Gasteiger charge is -2.20. The molecule has 0 fully saturated rings. The van der Waals surface area contributed by atoms with Gasteiger partial charge in [-0.2, -0.15) is 0 Å². The number of ether oxygens (including phenoxy) is 1. The molecule has 444 valence electrons. The van der Waals surface area contributed by atoms with E-state index in [9.17, 15) is 19.8 Å². The third kappa shape index (κ3) is 61.4. The van der Waals surface area contributed by atoms with Gasteiger partial charge in [-0.05, 0) is 57.8 Å². The number of carbonyl (C=O) groups is 2. The highest BCUT2D eigenvalue weighted by molar-refractivity contribution is 5.76. The number of aliphatic hydroxyl groups is 2. The lowest BCUT2D eigenvalue weighted by Crippen LogP contribution is -2.45. The van der Waals surface area contributed by atoms with Crippen molar-refractivity contribution < 1.29 is 24.5 Å². The minimum absolute atomic E-state index is 0.00776. The van der Waals surface area contributed by atoms with Crippen LogP contribution in [0.4, 0.5) is 0 Å². The van der Waals surface area contributed by atoms with Crippen molar-refractivity contribution in [2.75, 3.05) is 13.2 Å². The van der Waals surface area contributed by atoms with E-state index >= 15 is 0 Å². The molecule has 0 aliphatic rings. The van der Waals surface area contributed by atoms with Gasteiger partial charge in [0.1, 0.15) is 0 Å². The Bertz CT molecular complexity index is 1170. The van der Waals surface area contributed by atoms with E-state index in [-0.39, 0.29) is 18.5 Å². The maximum absolute atomic E-state index is 12.5. The summed E-state index contributed by atoms with van der Waals surface area (Å²) in [5.74, 6) is -0.0708. The Morgan fingerprint density at radius 1 is 0.360 bits per heavy atom. The lowest BCUT2D eigenvalue weighted by atomic mass is 10.0. The third-order valence-electron chi connectivity index (χ3n) is 16.0. The standard InChI is InChI=1S/C69H133NO5/c1-3-5-7-9-11-13-15-17-19-21-23-24-26-29-33-37-41-45-49-53-57-61-67(72)66(65-71)70-68(73)62-58-54-50-46-42-38-34-30-27-28-32-36-40-44-48-52-56-60-64-75-69(74)63-59-55-51-47-43-39-35-31-25-22-20-18-16-14-12-10-8-6-4-2/h30,34,57,61,66-67,71-72H,3-29,31-33,35-56,58-60,62-65H2,1-2H3,(H,70,73)/b34-30-,61-57+. The van der Waals surface area contributed by atoms with Crippen LogP contribution in [-0.4, -0.2) is 47.4 Å². The summed E-state index contributed by atoms with van der Waals surface area (Å²) >= 11 is 0. The van der Waals surface area contributed by atoms with Gasteiger partial charge in [-0.25, -0.2) is 0 Å². The summed E-state index contributed by atoms with van der Waals surface area (Å²) in [5.41, 5.74) is 0. The van der Waals surface area contributed by atoms with Crippen LogP contribution in [0.5, 0.6) is 0 Å². The van der Waals surface area contributed by atoms with Gasteiger partial charge in [0.05, 0.1) is 25.4 Å². The number of unbranched alkanes of at least 4 members (excludes halogenated alkanes) is 51. The highest BCUT2D eigenvalue weighted by atomic mass is 16.5. The van der Waals surface area contributed by atoms with E-state index < -0.39 is 12.1 Å². The van der Waals surface area contributed by atoms with Crippen molar-refractivity contribution >= 4 is 11.9 Å². The van der Waals surface area contributed by atoms with Crippen LogP contribution in [0.15, 0.2) is 24.3 Å².